The minimum Gasteiger partial charge on any atom is -0.361 e. The highest BCUT2D eigenvalue weighted by atomic mass is 19.1. The number of hydrogen-bond acceptors (Lipinski definition) is 4. The molecule has 3 rings (SSSR count). The summed E-state index contributed by atoms with van der Waals surface area (Å²) in [6.45, 7) is 6.73. The highest BCUT2D eigenvalue weighted by Crippen LogP contribution is 2.15. The molecule has 0 atom stereocenters. The van der Waals surface area contributed by atoms with Gasteiger partial charge in [0.05, 0.1) is 31.9 Å². The molecule has 150 valence electrons. The Balaban J connectivity index is 1.41. The third kappa shape index (κ3) is 5.16. The van der Waals surface area contributed by atoms with Crippen molar-refractivity contribution in [2.75, 3.05) is 38.0 Å². The highest BCUT2D eigenvalue weighted by Gasteiger charge is 2.25. The van der Waals surface area contributed by atoms with Crippen LogP contribution in [0.5, 0.6) is 0 Å². The number of hydrogen-bond donors (Lipinski definition) is 2. The third-order valence-electron chi connectivity index (χ3n) is 5.11. The number of piperazine rings is 1. The van der Waals surface area contributed by atoms with Gasteiger partial charge in [-0.2, -0.15) is 0 Å². The van der Waals surface area contributed by atoms with Crippen LogP contribution in [0.1, 0.15) is 23.4 Å². The van der Waals surface area contributed by atoms with Crippen LogP contribution < -0.4 is 10.2 Å². The normalized spacial score (nSPS) is 14.9. The first-order valence-corrected chi connectivity index (χ1v) is 9.51. The molecular formula is C20H26FN4O3+. The fourth-order valence-corrected chi connectivity index (χ4v) is 3.50. The smallest absolute Gasteiger partial charge is 0.279 e. The summed E-state index contributed by atoms with van der Waals surface area (Å²) in [5.41, 5.74) is 2.30. The number of rotatable bonds is 6. The number of aryl methyl sites for hydroxylation is 2. The SMILES string of the molecule is Cc1noc(C)c1CCC(=O)N1CC[NH+](CC(=O)Nc2cccc(F)c2)CC1. The number of nitrogens with one attached hydrogen (secondary N) is 2. The predicted molar refractivity (Wildman–Crippen MR) is 101 cm³/mol. The van der Waals surface area contributed by atoms with Gasteiger partial charge in [0.2, 0.25) is 5.91 Å². The number of anilines is 1. The Hall–Kier alpha value is -2.74. The second-order valence-electron chi connectivity index (χ2n) is 7.17. The van der Waals surface area contributed by atoms with Gasteiger partial charge < -0.3 is 19.6 Å². The number of quaternary nitrogens is 1. The van der Waals surface area contributed by atoms with Crippen molar-refractivity contribution in [1.82, 2.24) is 10.1 Å². The maximum atomic E-state index is 13.2. The van der Waals surface area contributed by atoms with Crippen molar-refractivity contribution in [3.8, 4) is 0 Å². The maximum Gasteiger partial charge on any atom is 0.279 e. The van der Waals surface area contributed by atoms with Gasteiger partial charge in [-0.1, -0.05) is 11.2 Å². The number of nitrogens with zero attached hydrogens (tertiary/aromatic N) is 2. The monoisotopic (exact) mass is 389 g/mol. The molecule has 0 radical (unpaired) electrons. The van der Waals surface area contributed by atoms with Gasteiger partial charge in [0, 0.05) is 17.7 Å². The largest absolute Gasteiger partial charge is 0.361 e. The topological polar surface area (TPSA) is 79.9 Å². The summed E-state index contributed by atoms with van der Waals surface area (Å²) in [4.78, 5) is 27.6. The Bertz CT molecular complexity index is 824. The van der Waals surface area contributed by atoms with E-state index < -0.39 is 0 Å². The lowest BCUT2D eigenvalue weighted by molar-refractivity contribution is -0.895. The van der Waals surface area contributed by atoms with Crippen LogP contribution in [0.2, 0.25) is 0 Å². The number of halogens is 1. The fraction of sp³-hybridized carbons (Fsp3) is 0.450. The second-order valence-corrected chi connectivity index (χ2v) is 7.17. The molecule has 0 spiro atoms. The number of carbonyl (C=O) groups excluding carboxylic acids is 2. The molecule has 0 saturated carbocycles. The summed E-state index contributed by atoms with van der Waals surface area (Å²) in [6, 6.07) is 5.85. The highest BCUT2D eigenvalue weighted by molar-refractivity contribution is 5.91. The van der Waals surface area contributed by atoms with Gasteiger partial charge >= 0.3 is 0 Å². The van der Waals surface area contributed by atoms with Crippen molar-refractivity contribution in [3.05, 3.63) is 47.1 Å². The molecule has 1 fully saturated rings. The molecule has 0 aliphatic carbocycles. The molecule has 8 heteroatoms. The van der Waals surface area contributed by atoms with E-state index in [-0.39, 0.29) is 17.6 Å². The first-order chi connectivity index (χ1) is 13.4. The second kappa shape index (κ2) is 8.97. The van der Waals surface area contributed by atoms with E-state index in [9.17, 15) is 14.0 Å². The van der Waals surface area contributed by atoms with Crippen molar-refractivity contribution in [2.24, 2.45) is 0 Å². The van der Waals surface area contributed by atoms with Crippen LogP contribution in [0, 0.1) is 19.7 Å². The van der Waals surface area contributed by atoms with Crippen molar-refractivity contribution in [3.63, 3.8) is 0 Å². The minimum atomic E-state index is -0.381. The van der Waals surface area contributed by atoms with Gasteiger partial charge in [-0.25, -0.2) is 4.39 Å². The molecule has 2 aromatic rings. The Labute approximate surface area is 163 Å². The number of carbonyl (C=O) groups is 2. The van der Waals surface area contributed by atoms with E-state index in [2.05, 4.69) is 10.5 Å². The number of amides is 2. The lowest BCUT2D eigenvalue weighted by atomic mass is 10.1. The zero-order valence-electron chi connectivity index (χ0n) is 16.3. The quantitative estimate of drug-likeness (QED) is 0.763. The molecule has 1 aromatic carbocycles. The summed E-state index contributed by atoms with van der Waals surface area (Å²) < 4.78 is 18.3. The average molecular weight is 389 g/mol. The molecule has 1 aliphatic heterocycles. The standard InChI is InChI=1S/C20H25FN4O3/c1-14-18(15(2)28-23-14)6-7-20(27)25-10-8-24(9-11-25)13-19(26)22-17-5-3-4-16(21)12-17/h3-5,12H,6-11,13H2,1-2H3,(H,22,26)/p+1. The Kier molecular flexibility index (Phi) is 6.41. The summed E-state index contributed by atoms with van der Waals surface area (Å²) in [7, 11) is 0. The predicted octanol–water partition coefficient (Wildman–Crippen LogP) is 0.729. The van der Waals surface area contributed by atoms with E-state index in [0.717, 1.165) is 21.9 Å². The van der Waals surface area contributed by atoms with Crippen LogP contribution >= 0.6 is 0 Å². The summed E-state index contributed by atoms with van der Waals surface area (Å²) >= 11 is 0. The van der Waals surface area contributed by atoms with E-state index in [1.54, 1.807) is 12.1 Å². The van der Waals surface area contributed by atoms with Gasteiger partial charge in [0.25, 0.3) is 5.91 Å². The number of benzene rings is 1. The lowest BCUT2D eigenvalue weighted by Crippen LogP contribution is -3.15. The van der Waals surface area contributed by atoms with E-state index in [1.807, 2.05) is 18.7 Å². The van der Waals surface area contributed by atoms with Crippen molar-refractivity contribution < 1.29 is 23.4 Å². The van der Waals surface area contributed by atoms with Gasteiger partial charge in [0.1, 0.15) is 11.6 Å². The molecule has 1 saturated heterocycles. The minimum absolute atomic E-state index is 0.114. The molecule has 2 N–H and O–H groups in total. The van der Waals surface area contributed by atoms with E-state index in [1.165, 1.54) is 12.1 Å². The first kappa shape index (κ1) is 20.0. The van der Waals surface area contributed by atoms with E-state index >= 15 is 0 Å². The van der Waals surface area contributed by atoms with Crippen LogP contribution in [0.25, 0.3) is 0 Å². The molecule has 0 unspecified atom stereocenters. The maximum absolute atomic E-state index is 13.2. The van der Waals surface area contributed by atoms with Crippen LogP contribution in [-0.2, 0) is 16.0 Å². The van der Waals surface area contributed by atoms with E-state index in [4.69, 9.17) is 4.52 Å². The van der Waals surface area contributed by atoms with Crippen LogP contribution in [0.3, 0.4) is 0 Å². The molecule has 28 heavy (non-hydrogen) atoms. The lowest BCUT2D eigenvalue weighted by Gasteiger charge is -2.32. The van der Waals surface area contributed by atoms with Crippen LogP contribution in [-0.4, -0.2) is 54.6 Å². The summed E-state index contributed by atoms with van der Waals surface area (Å²) in [5.74, 6) is 0.347. The third-order valence-corrected chi connectivity index (χ3v) is 5.11. The fourth-order valence-electron chi connectivity index (χ4n) is 3.50. The summed E-state index contributed by atoms with van der Waals surface area (Å²) in [6.07, 6.45) is 1.06. The zero-order chi connectivity index (χ0) is 20.1. The van der Waals surface area contributed by atoms with Crippen LogP contribution in [0.15, 0.2) is 28.8 Å². The van der Waals surface area contributed by atoms with Crippen molar-refractivity contribution in [1.29, 1.82) is 0 Å². The average Bonchev–Trinajstić information content (AvgIpc) is 2.98. The zero-order valence-corrected chi connectivity index (χ0v) is 16.3. The van der Waals surface area contributed by atoms with Gasteiger partial charge in [-0.3, -0.25) is 9.59 Å². The Morgan fingerprint density at radius 1 is 1.29 bits per heavy atom. The van der Waals surface area contributed by atoms with Crippen molar-refractivity contribution in [2.45, 2.75) is 26.7 Å². The molecule has 2 amide bonds. The molecule has 2 heterocycles. The van der Waals surface area contributed by atoms with Crippen molar-refractivity contribution >= 4 is 17.5 Å². The van der Waals surface area contributed by atoms with E-state index in [0.29, 0.717) is 51.3 Å². The molecule has 7 nitrogen and oxygen atoms in total. The summed E-state index contributed by atoms with van der Waals surface area (Å²) in [5, 5.41) is 6.63. The molecule has 1 aliphatic rings. The number of aromatic nitrogens is 1. The Morgan fingerprint density at radius 3 is 2.68 bits per heavy atom. The van der Waals surface area contributed by atoms with Gasteiger partial charge in [-0.15, -0.1) is 0 Å². The molecular weight excluding hydrogens is 363 g/mol. The van der Waals surface area contributed by atoms with Gasteiger partial charge in [0.15, 0.2) is 6.54 Å². The molecule has 1 aromatic heterocycles. The van der Waals surface area contributed by atoms with Gasteiger partial charge in [-0.05, 0) is 38.5 Å². The Morgan fingerprint density at radius 2 is 2.04 bits per heavy atom. The first-order valence-electron chi connectivity index (χ1n) is 9.51. The van der Waals surface area contributed by atoms with Crippen LogP contribution in [0.4, 0.5) is 10.1 Å². The molecule has 0 bridgehead atoms.